The molecule has 2 heterocycles. The summed E-state index contributed by atoms with van der Waals surface area (Å²) in [5.74, 6) is -0.327. The molecule has 4 rings (SSSR count). The SMILES string of the molecule is O=C(NCc1ccc2sccc2c1)C1=NC(c2cc(Br)c(O)c(Br)c2)NO1. The van der Waals surface area contributed by atoms with Crippen molar-refractivity contribution < 1.29 is 14.7 Å². The molecule has 1 aliphatic heterocycles. The molecule has 1 aromatic heterocycles. The van der Waals surface area contributed by atoms with Gasteiger partial charge in [0.25, 0.3) is 0 Å². The summed E-state index contributed by atoms with van der Waals surface area (Å²) in [6.45, 7) is 0.383. The molecule has 0 fully saturated rings. The van der Waals surface area contributed by atoms with E-state index in [-0.39, 0.29) is 11.6 Å². The third-order valence-electron chi connectivity index (χ3n) is 4.03. The van der Waals surface area contributed by atoms with Gasteiger partial charge in [-0.2, -0.15) is 0 Å². The predicted octanol–water partition coefficient (Wildman–Crippen LogP) is 4.38. The molecule has 3 aromatic rings. The van der Waals surface area contributed by atoms with Gasteiger partial charge in [0.2, 0.25) is 0 Å². The number of halogens is 2. The first-order valence-corrected chi connectivity index (χ1v) is 10.4. The lowest BCUT2D eigenvalue weighted by Crippen LogP contribution is -2.31. The van der Waals surface area contributed by atoms with Gasteiger partial charge in [-0.25, -0.2) is 4.99 Å². The highest BCUT2D eigenvalue weighted by molar-refractivity contribution is 9.11. The molecule has 0 radical (unpaired) electrons. The predicted molar refractivity (Wildman–Crippen MR) is 112 cm³/mol. The van der Waals surface area contributed by atoms with Gasteiger partial charge in [0.05, 0.1) is 8.95 Å². The number of aliphatic imine (C=N–C) groups is 1. The number of nitrogens with zero attached hydrogens (tertiary/aromatic N) is 1. The van der Waals surface area contributed by atoms with Crippen molar-refractivity contribution in [2.45, 2.75) is 12.7 Å². The standard InChI is InChI=1S/C18H13Br2N3O3S/c19-12-6-11(7-13(20)15(12)24)16-22-18(26-23-16)17(25)21-8-9-1-2-14-10(5-9)3-4-27-14/h1-7,16,23-24H,8H2,(H,21,25). The molecule has 27 heavy (non-hydrogen) atoms. The first-order chi connectivity index (χ1) is 13.0. The fourth-order valence-corrected chi connectivity index (χ4v) is 4.65. The Kier molecular flexibility index (Phi) is 5.18. The molecule has 0 saturated heterocycles. The number of nitrogens with one attached hydrogen (secondary N) is 2. The fraction of sp³-hybridized carbons (Fsp3) is 0.111. The molecule has 9 heteroatoms. The molecule has 1 amide bonds. The molecule has 6 nitrogen and oxygen atoms in total. The monoisotopic (exact) mass is 509 g/mol. The zero-order valence-corrected chi connectivity index (χ0v) is 17.7. The number of hydrogen-bond donors (Lipinski definition) is 3. The van der Waals surface area contributed by atoms with E-state index < -0.39 is 12.1 Å². The highest BCUT2D eigenvalue weighted by Crippen LogP contribution is 2.36. The second kappa shape index (κ2) is 7.59. The number of amides is 1. The summed E-state index contributed by atoms with van der Waals surface area (Å²) in [6, 6.07) is 11.6. The van der Waals surface area contributed by atoms with Gasteiger partial charge in [0.15, 0.2) is 6.17 Å². The second-order valence-corrected chi connectivity index (χ2v) is 8.52. The summed E-state index contributed by atoms with van der Waals surface area (Å²) < 4.78 is 2.25. The molecule has 0 saturated carbocycles. The maximum absolute atomic E-state index is 12.3. The number of hydrogen-bond acceptors (Lipinski definition) is 6. The lowest BCUT2D eigenvalue weighted by molar-refractivity contribution is -0.116. The van der Waals surface area contributed by atoms with Crippen molar-refractivity contribution in [3.05, 3.63) is 61.9 Å². The quantitative estimate of drug-likeness (QED) is 0.486. The van der Waals surface area contributed by atoms with E-state index in [9.17, 15) is 9.90 Å². The van der Waals surface area contributed by atoms with Crippen molar-refractivity contribution in [1.82, 2.24) is 10.8 Å². The van der Waals surface area contributed by atoms with Gasteiger partial charge in [-0.3, -0.25) is 4.79 Å². The number of phenols is 1. The van der Waals surface area contributed by atoms with Crippen LogP contribution in [-0.4, -0.2) is 16.9 Å². The Hall–Kier alpha value is -1.94. The van der Waals surface area contributed by atoms with Gasteiger partial charge < -0.3 is 15.3 Å². The second-order valence-electron chi connectivity index (χ2n) is 5.87. The number of hydroxylamine groups is 1. The third kappa shape index (κ3) is 3.86. The molecular weight excluding hydrogens is 498 g/mol. The van der Waals surface area contributed by atoms with E-state index in [0.717, 1.165) is 16.5 Å². The molecular formula is C18H13Br2N3O3S. The molecule has 138 valence electrons. The average molecular weight is 511 g/mol. The highest BCUT2D eigenvalue weighted by atomic mass is 79.9. The van der Waals surface area contributed by atoms with Gasteiger partial charge in [-0.1, -0.05) is 6.07 Å². The van der Waals surface area contributed by atoms with E-state index in [2.05, 4.69) is 59.8 Å². The highest BCUT2D eigenvalue weighted by Gasteiger charge is 2.26. The summed E-state index contributed by atoms with van der Waals surface area (Å²) in [5, 5.41) is 15.8. The minimum atomic E-state index is -0.541. The number of carbonyl (C=O) groups excluding carboxylic acids is 1. The summed E-state index contributed by atoms with van der Waals surface area (Å²) >= 11 is 8.24. The Bertz CT molecular complexity index is 1040. The lowest BCUT2D eigenvalue weighted by Gasteiger charge is -2.09. The maximum atomic E-state index is 12.3. The van der Waals surface area contributed by atoms with Crippen LogP contribution in [0.4, 0.5) is 0 Å². The van der Waals surface area contributed by atoms with Crippen molar-refractivity contribution in [3.63, 3.8) is 0 Å². The maximum Gasteiger partial charge on any atom is 0.308 e. The molecule has 0 spiro atoms. The minimum Gasteiger partial charge on any atom is -0.506 e. The van der Waals surface area contributed by atoms with Crippen molar-refractivity contribution in [3.8, 4) is 5.75 Å². The van der Waals surface area contributed by atoms with Crippen LogP contribution in [0.5, 0.6) is 5.75 Å². The van der Waals surface area contributed by atoms with Gasteiger partial charge in [-0.05, 0) is 84.1 Å². The van der Waals surface area contributed by atoms with Crippen LogP contribution < -0.4 is 10.8 Å². The van der Waals surface area contributed by atoms with E-state index in [0.29, 0.717) is 15.5 Å². The summed E-state index contributed by atoms with van der Waals surface area (Å²) in [5.41, 5.74) is 4.45. The van der Waals surface area contributed by atoms with Crippen molar-refractivity contribution >= 4 is 65.1 Å². The first kappa shape index (κ1) is 18.4. The van der Waals surface area contributed by atoms with Crippen molar-refractivity contribution in [2.75, 3.05) is 0 Å². The van der Waals surface area contributed by atoms with E-state index >= 15 is 0 Å². The van der Waals surface area contributed by atoms with Crippen LogP contribution in [0.15, 0.2) is 55.7 Å². The van der Waals surface area contributed by atoms with Crippen molar-refractivity contribution in [1.29, 1.82) is 0 Å². The number of benzene rings is 2. The molecule has 1 aliphatic rings. The van der Waals surface area contributed by atoms with E-state index in [1.165, 1.54) is 4.70 Å². The Labute approximate surface area is 175 Å². The molecule has 0 aliphatic carbocycles. The molecule has 2 aromatic carbocycles. The van der Waals surface area contributed by atoms with Gasteiger partial charge in [-0.15, -0.1) is 16.8 Å². The largest absolute Gasteiger partial charge is 0.506 e. The van der Waals surface area contributed by atoms with Crippen LogP contribution in [0, 0.1) is 0 Å². The topological polar surface area (TPSA) is 83.0 Å². The number of fused-ring (bicyclic) bond motifs is 1. The number of rotatable bonds is 4. The average Bonchev–Trinajstić information content (AvgIpc) is 3.32. The number of carbonyl (C=O) groups is 1. The molecule has 3 N–H and O–H groups in total. The molecule has 1 atom stereocenters. The number of aromatic hydroxyl groups is 1. The number of phenolic OH excluding ortho intramolecular Hbond substituents is 1. The third-order valence-corrected chi connectivity index (χ3v) is 6.14. The van der Waals surface area contributed by atoms with Gasteiger partial charge >= 0.3 is 11.8 Å². The van der Waals surface area contributed by atoms with E-state index in [4.69, 9.17) is 4.84 Å². The summed E-state index contributed by atoms with van der Waals surface area (Å²) in [4.78, 5) is 21.8. The Morgan fingerprint density at radius 1 is 1.26 bits per heavy atom. The van der Waals surface area contributed by atoms with Crippen LogP contribution in [0.3, 0.4) is 0 Å². The van der Waals surface area contributed by atoms with Crippen LogP contribution >= 0.6 is 43.2 Å². The minimum absolute atomic E-state index is 0.0306. The lowest BCUT2D eigenvalue weighted by atomic mass is 10.1. The van der Waals surface area contributed by atoms with Crippen LogP contribution in [0.2, 0.25) is 0 Å². The van der Waals surface area contributed by atoms with E-state index in [1.807, 2.05) is 17.5 Å². The smallest absolute Gasteiger partial charge is 0.308 e. The van der Waals surface area contributed by atoms with E-state index in [1.54, 1.807) is 23.5 Å². The van der Waals surface area contributed by atoms with Crippen LogP contribution in [0.1, 0.15) is 17.3 Å². The van der Waals surface area contributed by atoms with Crippen molar-refractivity contribution in [2.24, 2.45) is 4.99 Å². The Balaban J connectivity index is 1.44. The van der Waals surface area contributed by atoms with Crippen LogP contribution in [-0.2, 0) is 16.2 Å². The molecule has 1 unspecified atom stereocenters. The van der Waals surface area contributed by atoms with Gasteiger partial charge in [0, 0.05) is 11.2 Å². The fourth-order valence-electron chi connectivity index (χ4n) is 2.66. The molecule has 0 bridgehead atoms. The summed E-state index contributed by atoms with van der Waals surface area (Å²) in [6.07, 6.45) is -0.541. The zero-order valence-electron chi connectivity index (χ0n) is 13.7. The first-order valence-electron chi connectivity index (χ1n) is 7.93. The van der Waals surface area contributed by atoms with Gasteiger partial charge in [0.1, 0.15) is 5.75 Å². The Morgan fingerprint density at radius 3 is 2.81 bits per heavy atom. The van der Waals surface area contributed by atoms with Crippen LogP contribution in [0.25, 0.3) is 10.1 Å². The normalized spacial score (nSPS) is 16.2. The Morgan fingerprint density at radius 2 is 2.04 bits per heavy atom. The summed E-state index contributed by atoms with van der Waals surface area (Å²) in [7, 11) is 0. The zero-order chi connectivity index (χ0) is 19.0. The number of thiophene rings is 1.